The van der Waals surface area contributed by atoms with Gasteiger partial charge in [-0.25, -0.2) is 0 Å². The van der Waals surface area contributed by atoms with Gasteiger partial charge in [0.2, 0.25) is 0 Å². The van der Waals surface area contributed by atoms with E-state index in [0.717, 1.165) is 24.8 Å². The lowest BCUT2D eigenvalue weighted by Gasteiger charge is -2.17. The fourth-order valence-electron chi connectivity index (χ4n) is 1.76. The fourth-order valence-corrected chi connectivity index (χ4v) is 3.73. The maximum Gasteiger partial charge on any atom is 0.133 e. The number of rotatable bonds is 4. The van der Waals surface area contributed by atoms with Crippen LogP contribution in [0.15, 0.2) is 24.5 Å². The molecule has 0 amide bonds. The molecule has 4 nitrogen and oxygen atoms in total. The van der Waals surface area contributed by atoms with E-state index in [1.54, 1.807) is 0 Å². The highest BCUT2D eigenvalue weighted by Crippen LogP contribution is 2.28. The van der Waals surface area contributed by atoms with Crippen molar-refractivity contribution in [3.05, 3.63) is 42.8 Å². The highest BCUT2D eigenvalue weighted by molar-refractivity contribution is 14.1. The minimum absolute atomic E-state index is 0.384. The molecule has 0 aliphatic rings. The summed E-state index contributed by atoms with van der Waals surface area (Å²) in [6.07, 6.45) is 3.70. The Morgan fingerprint density at radius 3 is 2.78 bits per heavy atom. The summed E-state index contributed by atoms with van der Waals surface area (Å²) in [5.74, 6) is 0.384. The Kier molecular flexibility index (Phi) is 4.84. The van der Waals surface area contributed by atoms with Crippen LogP contribution in [0.5, 0.6) is 5.75 Å². The van der Waals surface area contributed by atoms with Crippen LogP contribution in [0, 0.1) is 7.14 Å². The van der Waals surface area contributed by atoms with Crippen molar-refractivity contribution in [3.63, 3.8) is 0 Å². The number of phenols is 1. The van der Waals surface area contributed by atoms with Crippen LogP contribution < -0.4 is 0 Å². The Hall–Kier alpha value is -0.350. The molecule has 2 N–H and O–H groups in total. The molecule has 6 heteroatoms. The smallest absolute Gasteiger partial charge is 0.133 e. The van der Waals surface area contributed by atoms with Crippen molar-refractivity contribution in [2.75, 3.05) is 7.05 Å². The molecule has 0 aliphatic carbocycles. The number of aromatic nitrogens is 2. The van der Waals surface area contributed by atoms with Gasteiger partial charge in [-0.15, -0.1) is 0 Å². The van der Waals surface area contributed by atoms with E-state index in [2.05, 4.69) is 60.3 Å². The predicted octanol–water partition coefficient (Wildman–Crippen LogP) is 2.96. The molecule has 0 radical (unpaired) electrons. The van der Waals surface area contributed by atoms with E-state index >= 15 is 0 Å². The highest BCUT2D eigenvalue weighted by Gasteiger charge is 2.10. The maximum absolute atomic E-state index is 10.0. The summed E-state index contributed by atoms with van der Waals surface area (Å²) < 4.78 is 2.03. The first-order valence-corrected chi connectivity index (χ1v) is 7.55. The van der Waals surface area contributed by atoms with Crippen LogP contribution >= 0.6 is 45.2 Å². The van der Waals surface area contributed by atoms with Crippen LogP contribution in [0.4, 0.5) is 0 Å². The summed E-state index contributed by atoms with van der Waals surface area (Å²) in [4.78, 5) is 2.14. The third-order valence-electron chi connectivity index (χ3n) is 2.55. The van der Waals surface area contributed by atoms with E-state index in [1.807, 2.05) is 31.6 Å². The van der Waals surface area contributed by atoms with Gasteiger partial charge < -0.3 is 5.11 Å². The molecule has 2 rings (SSSR count). The lowest BCUT2D eigenvalue weighted by Crippen LogP contribution is -2.17. The van der Waals surface area contributed by atoms with Crippen LogP contribution in [-0.2, 0) is 13.1 Å². The van der Waals surface area contributed by atoms with E-state index in [0.29, 0.717) is 12.3 Å². The van der Waals surface area contributed by atoms with Crippen LogP contribution in [0.25, 0.3) is 0 Å². The molecule has 0 spiro atoms. The minimum atomic E-state index is 0.384. The third-order valence-corrected chi connectivity index (χ3v) is 4.00. The second-order valence-electron chi connectivity index (χ2n) is 4.17. The molecule has 0 bridgehead atoms. The summed E-state index contributed by atoms with van der Waals surface area (Å²) in [6.45, 7) is 1.52. The number of benzene rings is 1. The predicted molar refractivity (Wildman–Crippen MR) is 87.3 cm³/mol. The molecule has 0 aliphatic heterocycles. The van der Waals surface area contributed by atoms with Crippen molar-refractivity contribution in [2.45, 2.75) is 13.1 Å². The average molecular weight is 469 g/mol. The lowest BCUT2D eigenvalue weighted by atomic mass is 10.2. The summed E-state index contributed by atoms with van der Waals surface area (Å²) >= 11 is 4.42. The van der Waals surface area contributed by atoms with E-state index in [1.165, 1.54) is 0 Å². The topological polar surface area (TPSA) is 52.2 Å². The standard InChI is InChI=1S/C12H13I2N3O/c1-17(6-8-4-15-16-5-8)7-9-2-10(13)3-11(14)12(9)18/h2-5,18H,6-7H2,1H3,(H,15,16). The molecule has 1 aromatic heterocycles. The van der Waals surface area contributed by atoms with Gasteiger partial charge in [-0.3, -0.25) is 10.00 Å². The van der Waals surface area contributed by atoms with Gasteiger partial charge in [0, 0.05) is 34.0 Å². The normalized spacial score (nSPS) is 11.1. The molecule has 96 valence electrons. The number of aromatic amines is 1. The lowest BCUT2D eigenvalue weighted by molar-refractivity contribution is 0.312. The van der Waals surface area contributed by atoms with Crippen LogP contribution in [0.3, 0.4) is 0 Å². The third kappa shape index (κ3) is 3.58. The van der Waals surface area contributed by atoms with Crippen molar-refractivity contribution in [1.29, 1.82) is 0 Å². The summed E-state index contributed by atoms with van der Waals surface area (Å²) in [5, 5.41) is 16.8. The van der Waals surface area contributed by atoms with E-state index < -0.39 is 0 Å². The molecule has 0 fully saturated rings. The molecule has 0 saturated heterocycles. The number of hydrogen-bond acceptors (Lipinski definition) is 3. The van der Waals surface area contributed by atoms with Gasteiger partial charge in [-0.1, -0.05) is 0 Å². The second-order valence-corrected chi connectivity index (χ2v) is 6.58. The zero-order valence-electron chi connectivity index (χ0n) is 9.82. The maximum atomic E-state index is 10.0. The van der Waals surface area contributed by atoms with Crippen molar-refractivity contribution < 1.29 is 5.11 Å². The summed E-state index contributed by atoms with van der Waals surface area (Å²) in [5.41, 5.74) is 2.09. The largest absolute Gasteiger partial charge is 0.507 e. The molecular formula is C12H13I2N3O. The highest BCUT2D eigenvalue weighted by atomic mass is 127. The first-order valence-electron chi connectivity index (χ1n) is 5.39. The molecule has 2 aromatic rings. The SMILES string of the molecule is CN(Cc1cn[nH]c1)Cc1cc(I)cc(I)c1O. The molecule has 0 saturated carbocycles. The Balaban J connectivity index is 2.09. The number of H-pyrrole nitrogens is 1. The molecular weight excluding hydrogens is 456 g/mol. The van der Waals surface area contributed by atoms with Crippen molar-refractivity contribution in [3.8, 4) is 5.75 Å². The number of aromatic hydroxyl groups is 1. The van der Waals surface area contributed by atoms with Gasteiger partial charge in [-0.2, -0.15) is 5.10 Å². The number of hydrogen-bond donors (Lipinski definition) is 2. The van der Waals surface area contributed by atoms with Gasteiger partial charge >= 0.3 is 0 Å². The summed E-state index contributed by atoms with van der Waals surface area (Å²) in [6, 6.07) is 3.99. The number of nitrogens with zero attached hydrogens (tertiary/aromatic N) is 2. The van der Waals surface area contributed by atoms with Gasteiger partial charge in [0.25, 0.3) is 0 Å². The monoisotopic (exact) mass is 469 g/mol. The van der Waals surface area contributed by atoms with Crippen molar-refractivity contribution in [1.82, 2.24) is 15.1 Å². The molecule has 1 heterocycles. The second kappa shape index (κ2) is 6.20. The first-order chi connectivity index (χ1) is 8.56. The van der Waals surface area contributed by atoms with E-state index in [-0.39, 0.29) is 0 Å². The Bertz CT molecular complexity index is 528. The van der Waals surface area contributed by atoms with Gasteiger partial charge in [-0.05, 0) is 64.4 Å². The number of phenolic OH excluding ortho intramolecular Hbond substituents is 1. The van der Waals surface area contributed by atoms with Crippen LogP contribution in [0.1, 0.15) is 11.1 Å². The molecule has 0 unspecified atom stereocenters. The zero-order valence-corrected chi connectivity index (χ0v) is 14.1. The number of nitrogens with one attached hydrogen (secondary N) is 1. The Morgan fingerprint density at radius 2 is 2.11 bits per heavy atom. The molecule has 18 heavy (non-hydrogen) atoms. The van der Waals surface area contributed by atoms with Gasteiger partial charge in [0.05, 0.1) is 9.77 Å². The Labute approximate surface area is 133 Å². The molecule has 0 atom stereocenters. The Morgan fingerprint density at radius 1 is 1.33 bits per heavy atom. The van der Waals surface area contributed by atoms with Crippen molar-refractivity contribution in [2.24, 2.45) is 0 Å². The fraction of sp³-hybridized carbons (Fsp3) is 0.250. The average Bonchev–Trinajstić information content (AvgIpc) is 2.77. The minimum Gasteiger partial charge on any atom is -0.507 e. The summed E-state index contributed by atoms with van der Waals surface area (Å²) in [7, 11) is 2.03. The van der Waals surface area contributed by atoms with Crippen LogP contribution in [-0.4, -0.2) is 27.3 Å². The van der Waals surface area contributed by atoms with Crippen molar-refractivity contribution >= 4 is 45.2 Å². The molecule has 1 aromatic carbocycles. The van der Waals surface area contributed by atoms with Gasteiger partial charge in [0.15, 0.2) is 0 Å². The van der Waals surface area contributed by atoms with Crippen LogP contribution in [0.2, 0.25) is 0 Å². The number of halogens is 2. The quantitative estimate of drug-likeness (QED) is 0.678. The van der Waals surface area contributed by atoms with E-state index in [4.69, 9.17) is 0 Å². The first kappa shape index (κ1) is 14.1. The zero-order chi connectivity index (χ0) is 13.1. The van der Waals surface area contributed by atoms with Gasteiger partial charge in [0.1, 0.15) is 5.75 Å². The van der Waals surface area contributed by atoms with E-state index in [9.17, 15) is 5.11 Å².